The van der Waals surface area contributed by atoms with Crippen LogP contribution in [0.15, 0.2) is 84.1 Å². The van der Waals surface area contributed by atoms with Crippen molar-refractivity contribution < 1.29 is 0 Å². The van der Waals surface area contributed by atoms with Crippen molar-refractivity contribution in [1.82, 2.24) is 0 Å². The quantitative estimate of drug-likeness (QED) is 0.102. The van der Waals surface area contributed by atoms with Gasteiger partial charge in [-0.3, -0.25) is 0 Å². The average molecular weight is 636 g/mol. The van der Waals surface area contributed by atoms with E-state index in [-0.39, 0.29) is 0 Å². The molecule has 2 fully saturated rings. The van der Waals surface area contributed by atoms with Crippen molar-refractivity contribution in [1.29, 1.82) is 0 Å². The van der Waals surface area contributed by atoms with E-state index >= 15 is 0 Å². The van der Waals surface area contributed by atoms with Gasteiger partial charge in [0.15, 0.2) is 0 Å². The SMILES string of the molecule is C#C.C=C(C)C/C(C)=C/C=C(\C)CC.C=C(CCCC(C)N)C(=C)/C(=C\C)C1CC1.C=CC1CCC1.CC.CCCC(CC)CC. The Kier molecular flexibility index (Phi) is 39.1. The van der Waals surface area contributed by atoms with Crippen LogP contribution in [0.2, 0.25) is 0 Å². The molecular weight excluding hydrogens is 555 g/mol. The number of terminal acetylenes is 1. The lowest BCUT2D eigenvalue weighted by Gasteiger charge is -2.20. The molecule has 0 radical (unpaired) electrons. The number of hydrogen-bond donors (Lipinski definition) is 1. The molecule has 1 unspecified atom stereocenters. The fourth-order valence-corrected chi connectivity index (χ4v) is 4.76. The van der Waals surface area contributed by atoms with Crippen molar-refractivity contribution in [3.05, 3.63) is 84.1 Å². The molecule has 1 atom stereocenters. The molecule has 2 aliphatic carbocycles. The summed E-state index contributed by atoms with van der Waals surface area (Å²) in [7, 11) is 0. The maximum absolute atomic E-state index is 5.74. The lowest BCUT2D eigenvalue weighted by molar-refractivity contribution is 0.388. The molecule has 2 rings (SSSR count). The lowest BCUT2D eigenvalue weighted by atomic mass is 9.86. The second-order valence-electron chi connectivity index (χ2n) is 12.9. The molecule has 2 aliphatic rings. The summed E-state index contributed by atoms with van der Waals surface area (Å²) in [4.78, 5) is 0. The molecule has 0 spiro atoms. The van der Waals surface area contributed by atoms with Gasteiger partial charge in [0.1, 0.15) is 0 Å². The van der Waals surface area contributed by atoms with Crippen LogP contribution in [-0.2, 0) is 0 Å². The normalized spacial score (nSPS) is 14.8. The van der Waals surface area contributed by atoms with Gasteiger partial charge in [-0.25, -0.2) is 0 Å². The summed E-state index contributed by atoms with van der Waals surface area (Å²) in [6, 6.07) is 0.297. The number of allylic oxidation sites excluding steroid dienone is 10. The van der Waals surface area contributed by atoms with Gasteiger partial charge in [0, 0.05) is 6.04 Å². The van der Waals surface area contributed by atoms with Crippen LogP contribution in [0.5, 0.6) is 0 Å². The molecule has 0 aromatic rings. The minimum Gasteiger partial charge on any atom is -0.328 e. The van der Waals surface area contributed by atoms with Crippen molar-refractivity contribution in [3.63, 3.8) is 0 Å². The summed E-state index contributed by atoms with van der Waals surface area (Å²) in [6.07, 6.45) is 34.4. The highest BCUT2D eigenvalue weighted by atomic mass is 14.6. The summed E-state index contributed by atoms with van der Waals surface area (Å²) in [5, 5.41) is 0. The molecule has 0 aromatic carbocycles. The van der Waals surface area contributed by atoms with Crippen LogP contribution < -0.4 is 5.73 Å². The number of nitrogens with two attached hydrogens (primary N) is 1. The molecule has 0 saturated heterocycles. The fraction of sp³-hybridized carbons (Fsp3) is 0.644. The fourth-order valence-electron chi connectivity index (χ4n) is 4.76. The topological polar surface area (TPSA) is 26.0 Å². The molecule has 0 heterocycles. The Morgan fingerprint density at radius 3 is 1.67 bits per heavy atom. The highest BCUT2D eigenvalue weighted by Gasteiger charge is 2.27. The molecule has 2 N–H and O–H groups in total. The first-order valence-corrected chi connectivity index (χ1v) is 18.6. The van der Waals surface area contributed by atoms with Crippen molar-refractivity contribution in [2.24, 2.45) is 23.5 Å². The van der Waals surface area contributed by atoms with Crippen LogP contribution in [-0.4, -0.2) is 6.04 Å². The van der Waals surface area contributed by atoms with Crippen LogP contribution >= 0.6 is 0 Å². The maximum Gasteiger partial charge on any atom is 0.00105 e. The number of hydrogen-bond acceptors (Lipinski definition) is 1. The Morgan fingerprint density at radius 1 is 0.870 bits per heavy atom. The number of rotatable bonds is 16. The van der Waals surface area contributed by atoms with E-state index < -0.39 is 0 Å². The standard InChI is InChI=1S/C15H25N.C12H20.C8H18.C6H10.C2H6.C2H2/c1-5-15(14-9-10-14)13(4)11(2)7-6-8-12(3)16;1-6-11(4)7-8-12(5)9-10(2)3;1-4-7-8(5-2)6-3;1-2-6-4-3-5-6;2*1-2/h5,12,14H,2,4,6-10,16H2,1,3H3;7-8H,2,6,9H2,1,3-5H3;8H,4-7H2,1-3H3;2,6H,1,3-5H2;1-2H3;1-2H/b15-5+;11-7+,12-8+;;;;. The molecular formula is C45H81N. The van der Waals surface area contributed by atoms with Crippen LogP contribution in [0.25, 0.3) is 0 Å². The molecule has 0 amide bonds. The zero-order valence-electron chi connectivity index (χ0n) is 33.1. The third-order valence-corrected chi connectivity index (χ3v) is 8.37. The molecule has 2 saturated carbocycles. The van der Waals surface area contributed by atoms with E-state index in [9.17, 15) is 0 Å². The summed E-state index contributed by atoms with van der Waals surface area (Å²) < 4.78 is 0. The van der Waals surface area contributed by atoms with Gasteiger partial charge in [-0.1, -0.05) is 134 Å². The highest BCUT2D eigenvalue weighted by molar-refractivity contribution is 5.45. The van der Waals surface area contributed by atoms with Gasteiger partial charge < -0.3 is 5.73 Å². The Bertz CT molecular complexity index is 875. The zero-order valence-corrected chi connectivity index (χ0v) is 33.1. The summed E-state index contributed by atoms with van der Waals surface area (Å²) in [5.74, 6) is 2.65. The predicted octanol–water partition coefficient (Wildman–Crippen LogP) is 14.7. The zero-order chi connectivity index (χ0) is 36.5. The third kappa shape index (κ3) is 31.7. The van der Waals surface area contributed by atoms with E-state index in [4.69, 9.17) is 5.73 Å². The minimum atomic E-state index is 0.297. The third-order valence-electron chi connectivity index (χ3n) is 8.37. The second-order valence-corrected chi connectivity index (χ2v) is 12.9. The first-order chi connectivity index (χ1) is 21.9. The van der Waals surface area contributed by atoms with Crippen LogP contribution in [0.3, 0.4) is 0 Å². The van der Waals surface area contributed by atoms with E-state index in [2.05, 4.69) is 126 Å². The van der Waals surface area contributed by atoms with Crippen molar-refractivity contribution >= 4 is 0 Å². The Morgan fingerprint density at radius 2 is 1.39 bits per heavy atom. The summed E-state index contributed by atoms with van der Waals surface area (Å²) in [5.41, 5.74) is 13.6. The average Bonchev–Trinajstić information content (AvgIpc) is 3.86. The monoisotopic (exact) mass is 636 g/mol. The van der Waals surface area contributed by atoms with E-state index in [0.29, 0.717) is 6.04 Å². The van der Waals surface area contributed by atoms with Crippen LogP contribution in [0.4, 0.5) is 0 Å². The van der Waals surface area contributed by atoms with Gasteiger partial charge >= 0.3 is 0 Å². The molecule has 266 valence electrons. The van der Waals surface area contributed by atoms with Gasteiger partial charge in [-0.05, 0) is 127 Å². The van der Waals surface area contributed by atoms with Gasteiger partial charge in [0.2, 0.25) is 0 Å². The molecule has 1 nitrogen and oxygen atoms in total. The van der Waals surface area contributed by atoms with E-state index in [1.165, 1.54) is 91.2 Å². The summed E-state index contributed by atoms with van der Waals surface area (Å²) >= 11 is 0. The Labute approximate surface area is 291 Å². The maximum atomic E-state index is 5.74. The highest BCUT2D eigenvalue weighted by Crippen LogP contribution is 2.41. The Balaban J connectivity index is -0.000000260. The smallest absolute Gasteiger partial charge is 0.00105 e. The van der Waals surface area contributed by atoms with Crippen molar-refractivity contribution in [2.45, 2.75) is 172 Å². The van der Waals surface area contributed by atoms with Crippen molar-refractivity contribution in [3.8, 4) is 12.8 Å². The van der Waals surface area contributed by atoms with Gasteiger partial charge in [0.05, 0.1) is 0 Å². The molecule has 46 heavy (non-hydrogen) atoms. The van der Waals surface area contributed by atoms with E-state index in [0.717, 1.165) is 49.9 Å². The first-order valence-electron chi connectivity index (χ1n) is 18.6. The minimum absolute atomic E-state index is 0.297. The molecule has 0 aromatic heterocycles. The second kappa shape index (κ2) is 35.6. The van der Waals surface area contributed by atoms with E-state index in [1.54, 1.807) is 0 Å². The first kappa shape index (κ1) is 50.6. The molecule has 0 bridgehead atoms. The molecule has 0 aliphatic heterocycles. The van der Waals surface area contributed by atoms with Gasteiger partial charge in [-0.15, -0.1) is 19.4 Å². The van der Waals surface area contributed by atoms with Crippen LogP contribution in [0.1, 0.15) is 166 Å². The summed E-state index contributed by atoms with van der Waals surface area (Å²) in [6.45, 7) is 39.4. The Hall–Kier alpha value is -2.30. The molecule has 1 heteroatoms. The predicted molar refractivity (Wildman–Crippen MR) is 217 cm³/mol. The largest absolute Gasteiger partial charge is 0.328 e. The van der Waals surface area contributed by atoms with Gasteiger partial charge in [0.25, 0.3) is 0 Å². The van der Waals surface area contributed by atoms with Crippen molar-refractivity contribution in [2.75, 3.05) is 0 Å². The van der Waals surface area contributed by atoms with Crippen LogP contribution in [0, 0.1) is 30.6 Å². The lowest BCUT2D eigenvalue weighted by Crippen LogP contribution is -2.14. The van der Waals surface area contributed by atoms with E-state index in [1.807, 2.05) is 13.8 Å². The van der Waals surface area contributed by atoms with Gasteiger partial charge in [-0.2, -0.15) is 0 Å².